The van der Waals surface area contributed by atoms with E-state index in [1.165, 1.54) is 12.1 Å². The first kappa shape index (κ1) is 18.5. The Hall–Kier alpha value is -1.84. The molecule has 2 rings (SSSR count). The van der Waals surface area contributed by atoms with Crippen molar-refractivity contribution in [3.63, 3.8) is 0 Å². The molecular formula is C15H14BrN3O3S2. The molecule has 2 aromatic carbocycles. The predicted octanol–water partition coefficient (Wildman–Crippen LogP) is 2.79. The number of amides is 1. The van der Waals surface area contributed by atoms with Crippen LogP contribution in [0.3, 0.4) is 0 Å². The molecular weight excluding hydrogens is 414 g/mol. The topological polar surface area (TPSA) is 87.6 Å². The maximum absolute atomic E-state index is 12.2. The molecule has 2 aromatic rings. The van der Waals surface area contributed by atoms with Gasteiger partial charge < -0.3 is 0 Å². The number of rotatable bonds is 3. The van der Waals surface area contributed by atoms with Gasteiger partial charge in [-0.1, -0.05) is 45.9 Å². The van der Waals surface area contributed by atoms with E-state index >= 15 is 0 Å². The van der Waals surface area contributed by atoms with E-state index in [1.54, 1.807) is 48.7 Å². The van der Waals surface area contributed by atoms with E-state index < -0.39 is 15.9 Å². The third-order valence-electron chi connectivity index (χ3n) is 2.83. The number of hydrogen-bond acceptors (Lipinski definition) is 4. The number of nitrogens with zero attached hydrogens (tertiary/aromatic N) is 1. The monoisotopic (exact) mass is 427 g/mol. The van der Waals surface area contributed by atoms with Gasteiger partial charge in [-0.25, -0.2) is 0 Å². The van der Waals surface area contributed by atoms with Crippen LogP contribution < -0.4 is 10.9 Å². The van der Waals surface area contributed by atoms with Crippen LogP contribution in [0.2, 0.25) is 0 Å². The second-order valence-electron chi connectivity index (χ2n) is 4.47. The van der Waals surface area contributed by atoms with Crippen LogP contribution in [0.25, 0.3) is 0 Å². The molecule has 0 fully saturated rings. The Morgan fingerprint density at radius 3 is 2.25 bits per heavy atom. The van der Waals surface area contributed by atoms with Crippen LogP contribution in [0.15, 0.2) is 68.4 Å². The number of carbonyl (C=O) groups excluding carboxylic acids is 1. The highest BCUT2D eigenvalue weighted by Crippen LogP contribution is 2.13. The van der Waals surface area contributed by atoms with Crippen molar-refractivity contribution in [3.05, 3.63) is 64.6 Å². The highest BCUT2D eigenvalue weighted by molar-refractivity contribution is 9.10. The first-order valence-electron chi connectivity index (χ1n) is 6.68. The standard InChI is InChI=1S/C15H14BrN3O3S2/c1-23-15(19-24(21,22)13-5-3-2-4-6-13)18-17-14(20)11-7-9-12(16)10-8-11/h2-10H,1H3,(H,17,20)(H,18,19). The molecule has 0 atom stereocenters. The van der Waals surface area contributed by atoms with E-state index in [-0.39, 0.29) is 10.1 Å². The highest BCUT2D eigenvalue weighted by atomic mass is 79.9. The predicted molar refractivity (Wildman–Crippen MR) is 99.3 cm³/mol. The van der Waals surface area contributed by atoms with E-state index in [0.29, 0.717) is 5.56 Å². The molecule has 0 saturated carbocycles. The lowest BCUT2D eigenvalue weighted by Crippen LogP contribution is -2.40. The van der Waals surface area contributed by atoms with Gasteiger partial charge in [-0.3, -0.25) is 15.6 Å². The van der Waals surface area contributed by atoms with Crippen molar-refractivity contribution in [1.82, 2.24) is 10.9 Å². The van der Waals surface area contributed by atoms with Gasteiger partial charge in [0.1, 0.15) is 0 Å². The van der Waals surface area contributed by atoms with Crippen molar-refractivity contribution in [2.24, 2.45) is 4.40 Å². The Kier molecular flexibility index (Phi) is 6.41. The first-order valence-corrected chi connectivity index (χ1v) is 10.1. The summed E-state index contributed by atoms with van der Waals surface area (Å²) in [7, 11) is -3.84. The molecule has 0 bridgehead atoms. The summed E-state index contributed by atoms with van der Waals surface area (Å²) in [6.07, 6.45) is 1.65. The van der Waals surface area contributed by atoms with Crippen molar-refractivity contribution < 1.29 is 13.2 Å². The van der Waals surface area contributed by atoms with E-state index in [9.17, 15) is 13.2 Å². The summed E-state index contributed by atoms with van der Waals surface area (Å²) in [5, 5.41) is 0.0596. The van der Waals surface area contributed by atoms with Crippen molar-refractivity contribution in [2.45, 2.75) is 4.90 Å². The van der Waals surface area contributed by atoms with Gasteiger partial charge in [0.25, 0.3) is 15.9 Å². The molecule has 0 saturated heterocycles. The Bertz CT molecular complexity index is 838. The van der Waals surface area contributed by atoms with Gasteiger partial charge in [0, 0.05) is 10.0 Å². The zero-order chi connectivity index (χ0) is 17.6. The van der Waals surface area contributed by atoms with Crippen LogP contribution >= 0.6 is 27.7 Å². The number of carbonyl (C=O) groups is 1. The molecule has 6 nitrogen and oxygen atoms in total. The zero-order valence-electron chi connectivity index (χ0n) is 12.6. The average Bonchev–Trinajstić information content (AvgIpc) is 2.59. The van der Waals surface area contributed by atoms with E-state index in [1.807, 2.05) is 0 Å². The van der Waals surface area contributed by atoms with Crippen molar-refractivity contribution in [1.29, 1.82) is 0 Å². The Balaban J connectivity index is 2.09. The Labute approximate surface area is 152 Å². The average molecular weight is 428 g/mol. The molecule has 0 unspecified atom stereocenters. The fraction of sp³-hybridized carbons (Fsp3) is 0.0667. The first-order chi connectivity index (χ1) is 11.4. The number of thioether (sulfide) groups is 1. The molecule has 1 amide bonds. The van der Waals surface area contributed by atoms with Crippen LogP contribution in [0.5, 0.6) is 0 Å². The van der Waals surface area contributed by atoms with Crippen LogP contribution in [0, 0.1) is 0 Å². The molecule has 0 aliphatic heterocycles. The lowest BCUT2D eigenvalue weighted by Gasteiger charge is -2.09. The summed E-state index contributed by atoms with van der Waals surface area (Å²) >= 11 is 4.36. The largest absolute Gasteiger partial charge is 0.284 e. The van der Waals surface area contributed by atoms with Gasteiger partial charge in [-0.05, 0) is 42.7 Å². The second kappa shape index (κ2) is 8.32. The number of nitrogens with one attached hydrogen (secondary N) is 2. The fourth-order valence-corrected chi connectivity index (χ4v) is 3.53. The molecule has 0 heterocycles. The maximum atomic E-state index is 12.2. The highest BCUT2D eigenvalue weighted by Gasteiger charge is 2.14. The summed E-state index contributed by atoms with van der Waals surface area (Å²) in [6, 6.07) is 14.6. The minimum Gasteiger partial charge on any atom is -0.275 e. The SMILES string of the molecule is CSC(=NS(=O)(=O)c1ccccc1)NNC(=O)c1ccc(Br)cc1. The summed E-state index contributed by atoms with van der Waals surface area (Å²) in [4.78, 5) is 12.1. The molecule has 0 spiro atoms. The van der Waals surface area contributed by atoms with Gasteiger partial charge in [-0.15, -0.1) is 4.40 Å². The molecule has 0 radical (unpaired) electrons. The maximum Gasteiger partial charge on any atom is 0.284 e. The van der Waals surface area contributed by atoms with E-state index in [0.717, 1.165) is 16.2 Å². The molecule has 9 heteroatoms. The van der Waals surface area contributed by atoms with Gasteiger partial charge >= 0.3 is 0 Å². The number of hydrogen-bond donors (Lipinski definition) is 2. The summed E-state index contributed by atoms with van der Waals surface area (Å²) in [5.74, 6) is -0.402. The lowest BCUT2D eigenvalue weighted by molar-refractivity contribution is 0.0944. The molecule has 24 heavy (non-hydrogen) atoms. The normalized spacial score (nSPS) is 11.8. The third kappa shape index (κ3) is 5.08. The van der Waals surface area contributed by atoms with Crippen molar-refractivity contribution in [3.8, 4) is 0 Å². The van der Waals surface area contributed by atoms with Crippen LogP contribution in [0.1, 0.15) is 10.4 Å². The van der Waals surface area contributed by atoms with Gasteiger partial charge in [0.05, 0.1) is 4.90 Å². The minimum atomic E-state index is -3.84. The molecule has 0 aromatic heterocycles. The summed E-state index contributed by atoms with van der Waals surface area (Å²) < 4.78 is 28.9. The molecule has 0 aliphatic carbocycles. The minimum absolute atomic E-state index is 0.0596. The molecule has 0 aliphatic rings. The smallest absolute Gasteiger partial charge is 0.275 e. The van der Waals surface area contributed by atoms with Crippen molar-refractivity contribution in [2.75, 3.05) is 6.26 Å². The zero-order valence-corrected chi connectivity index (χ0v) is 15.8. The number of hydrazine groups is 1. The van der Waals surface area contributed by atoms with Crippen LogP contribution in [0.4, 0.5) is 0 Å². The van der Waals surface area contributed by atoms with Gasteiger partial charge in [0.2, 0.25) is 0 Å². The van der Waals surface area contributed by atoms with Crippen LogP contribution in [-0.4, -0.2) is 25.7 Å². The van der Waals surface area contributed by atoms with Crippen molar-refractivity contribution >= 4 is 48.8 Å². The molecule has 2 N–H and O–H groups in total. The quantitative estimate of drug-likeness (QED) is 0.446. The van der Waals surface area contributed by atoms with Crippen LogP contribution in [-0.2, 0) is 10.0 Å². The van der Waals surface area contributed by atoms with E-state index in [2.05, 4.69) is 31.2 Å². The third-order valence-corrected chi connectivity index (χ3v) is 5.34. The lowest BCUT2D eigenvalue weighted by atomic mass is 10.2. The Morgan fingerprint density at radius 2 is 1.67 bits per heavy atom. The Morgan fingerprint density at radius 1 is 1.04 bits per heavy atom. The van der Waals surface area contributed by atoms with Gasteiger partial charge in [0.15, 0.2) is 5.17 Å². The number of sulfonamides is 1. The number of halogens is 1. The summed E-state index contributed by atoms with van der Waals surface area (Å²) in [5.41, 5.74) is 5.38. The van der Waals surface area contributed by atoms with Gasteiger partial charge in [-0.2, -0.15) is 8.42 Å². The van der Waals surface area contributed by atoms with E-state index in [4.69, 9.17) is 0 Å². The molecule has 126 valence electrons. The second-order valence-corrected chi connectivity index (χ2v) is 7.79. The fourth-order valence-electron chi connectivity index (χ4n) is 1.65. The summed E-state index contributed by atoms with van der Waals surface area (Å²) in [6.45, 7) is 0. The number of amidine groups is 1. The number of benzene rings is 2.